The molecule has 8 heteroatoms. The summed E-state index contributed by atoms with van der Waals surface area (Å²) in [5.41, 5.74) is 1.35. The second-order valence-electron chi connectivity index (χ2n) is 5.69. The van der Waals surface area contributed by atoms with Gasteiger partial charge in [-0.3, -0.25) is 4.79 Å². The lowest BCUT2D eigenvalue weighted by Gasteiger charge is -2.13. The zero-order chi connectivity index (χ0) is 19.3. The number of hydrogen-bond acceptors (Lipinski definition) is 6. The molecule has 0 radical (unpaired) electrons. The highest BCUT2D eigenvalue weighted by atomic mass is 16.5. The lowest BCUT2D eigenvalue weighted by Crippen LogP contribution is -2.35. The summed E-state index contributed by atoms with van der Waals surface area (Å²) in [6.07, 6.45) is 0.495. The van der Waals surface area contributed by atoms with Crippen molar-refractivity contribution in [2.45, 2.75) is 40.3 Å². The Balaban J connectivity index is 2.01. The van der Waals surface area contributed by atoms with Gasteiger partial charge < -0.3 is 24.2 Å². The predicted molar refractivity (Wildman–Crippen MR) is 91.7 cm³/mol. The number of furan rings is 1. The molecule has 8 nitrogen and oxygen atoms in total. The highest BCUT2D eigenvalue weighted by Crippen LogP contribution is 2.20. The van der Waals surface area contributed by atoms with Crippen molar-refractivity contribution in [2.75, 3.05) is 6.61 Å². The summed E-state index contributed by atoms with van der Waals surface area (Å²) in [5.74, 6) is -1.10. The average Bonchev–Trinajstić information content (AvgIpc) is 3.20. The number of ether oxygens (including phenoxy) is 2. The minimum atomic E-state index is -1.01. The first-order valence-electron chi connectivity index (χ1n) is 8.22. The molecular formula is C18H22N2O6. The van der Waals surface area contributed by atoms with Gasteiger partial charge in [0.25, 0.3) is 5.91 Å². The number of esters is 2. The number of H-pyrrole nitrogens is 1. The Hall–Kier alpha value is -3.03. The van der Waals surface area contributed by atoms with Gasteiger partial charge in [-0.15, -0.1) is 0 Å². The van der Waals surface area contributed by atoms with E-state index in [-0.39, 0.29) is 18.8 Å². The summed E-state index contributed by atoms with van der Waals surface area (Å²) in [6.45, 7) is 6.88. The molecule has 2 aromatic heterocycles. The van der Waals surface area contributed by atoms with Gasteiger partial charge in [-0.05, 0) is 45.4 Å². The van der Waals surface area contributed by atoms with E-state index in [4.69, 9.17) is 13.9 Å². The minimum Gasteiger partial charge on any atom is -0.467 e. The largest absolute Gasteiger partial charge is 0.467 e. The molecule has 2 heterocycles. The van der Waals surface area contributed by atoms with Crippen LogP contribution in [0.4, 0.5) is 0 Å². The number of nitrogens with one attached hydrogen (secondary N) is 2. The van der Waals surface area contributed by atoms with Crippen LogP contribution in [0.25, 0.3) is 0 Å². The van der Waals surface area contributed by atoms with E-state index in [0.29, 0.717) is 22.6 Å². The molecule has 0 saturated carbocycles. The molecule has 0 spiro atoms. The van der Waals surface area contributed by atoms with E-state index >= 15 is 0 Å². The molecule has 0 unspecified atom stereocenters. The number of aromatic amines is 1. The normalized spacial score (nSPS) is 11.7. The summed E-state index contributed by atoms with van der Waals surface area (Å²) in [4.78, 5) is 39.2. The summed E-state index contributed by atoms with van der Waals surface area (Å²) in [5, 5.41) is 2.61. The summed E-state index contributed by atoms with van der Waals surface area (Å²) in [6, 6.07) is 3.43. The van der Waals surface area contributed by atoms with Crippen molar-refractivity contribution >= 4 is 17.8 Å². The SMILES string of the molecule is CCOC(=O)c1c(C)[nH]c(C(=O)O[C@H](C)C(=O)NCc2ccco2)c1C. The van der Waals surface area contributed by atoms with Gasteiger partial charge in [0.1, 0.15) is 11.5 Å². The molecule has 0 aromatic carbocycles. The summed E-state index contributed by atoms with van der Waals surface area (Å²) >= 11 is 0. The first-order chi connectivity index (χ1) is 12.3. The van der Waals surface area contributed by atoms with Gasteiger partial charge >= 0.3 is 11.9 Å². The quantitative estimate of drug-likeness (QED) is 0.731. The number of hydrogen-bond donors (Lipinski definition) is 2. The number of amides is 1. The molecule has 140 valence electrons. The first-order valence-corrected chi connectivity index (χ1v) is 8.22. The second-order valence-corrected chi connectivity index (χ2v) is 5.69. The third-order valence-corrected chi connectivity index (χ3v) is 3.79. The van der Waals surface area contributed by atoms with Crippen molar-refractivity contribution in [1.29, 1.82) is 0 Å². The summed E-state index contributed by atoms with van der Waals surface area (Å²) in [7, 11) is 0. The van der Waals surface area contributed by atoms with Crippen molar-refractivity contribution in [3.63, 3.8) is 0 Å². The molecule has 2 rings (SSSR count). The zero-order valence-corrected chi connectivity index (χ0v) is 15.2. The van der Waals surface area contributed by atoms with Crippen LogP contribution in [0.5, 0.6) is 0 Å². The van der Waals surface area contributed by atoms with E-state index in [0.717, 1.165) is 0 Å². The maximum Gasteiger partial charge on any atom is 0.355 e. The fourth-order valence-electron chi connectivity index (χ4n) is 2.47. The Kier molecular flexibility index (Phi) is 6.21. The lowest BCUT2D eigenvalue weighted by atomic mass is 10.1. The zero-order valence-electron chi connectivity index (χ0n) is 15.2. The van der Waals surface area contributed by atoms with E-state index in [9.17, 15) is 14.4 Å². The molecule has 2 aromatic rings. The van der Waals surface area contributed by atoms with E-state index in [1.807, 2.05) is 0 Å². The number of rotatable bonds is 7. The van der Waals surface area contributed by atoms with Gasteiger partial charge in [0.05, 0.1) is 25.0 Å². The van der Waals surface area contributed by atoms with Crippen LogP contribution in [-0.4, -0.2) is 35.5 Å². The average molecular weight is 362 g/mol. The topological polar surface area (TPSA) is 111 Å². The Morgan fingerprint density at radius 3 is 2.62 bits per heavy atom. The molecule has 0 bridgehead atoms. The standard InChI is InChI=1S/C18H22N2O6/c1-5-24-17(22)14-10(2)15(20-11(14)3)18(23)26-12(4)16(21)19-9-13-7-6-8-25-13/h6-8,12,20H,5,9H2,1-4H3,(H,19,21)/t12-/m1/s1. The van der Waals surface area contributed by atoms with Gasteiger partial charge in [-0.25, -0.2) is 9.59 Å². The van der Waals surface area contributed by atoms with Crippen LogP contribution in [0.3, 0.4) is 0 Å². The Morgan fingerprint density at radius 2 is 2.00 bits per heavy atom. The van der Waals surface area contributed by atoms with Gasteiger partial charge in [0.2, 0.25) is 0 Å². The molecule has 1 atom stereocenters. The van der Waals surface area contributed by atoms with E-state index in [1.54, 1.807) is 32.9 Å². The van der Waals surface area contributed by atoms with Crippen LogP contribution in [0.1, 0.15) is 51.7 Å². The highest BCUT2D eigenvalue weighted by Gasteiger charge is 2.26. The third kappa shape index (κ3) is 4.33. The molecule has 2 N–H and O–H groups in total. The first kappa shape index (κ1) is 19.3. The van der Waals surface area contributed by atoms with Crippen LogP contribution in [0, 0.1) is 13.8 Å². The van der Waals surface area contributed by atoms with Crippen molar-refractivity contribution in [2.24, 2.45) is 0 Å². The van der Waals surface area contributed by atoms with Crippen LogP contribution < -0.4 is 5.32 Å². The maximum absolute atomic E-state index is 12.4. The number of aromatic nitrogens is 1. The van der Waals surface area contributed by atoms with E-state index in [2.05, 4.69) is 10.3 Å². The number of aryl methyl sites for hydroxylation is 1. The maximum atomic E-state index is 12.4. The van der Waals surface area contributed by atoms with Crippen molar-refractivity contribution in [1.82, 2.24) is 10.3 Å². The van der Waals surface area contributed by atoms with E-state index in [1.165, 1.54) is 13.2 Å². The minimum absolute atomic E-state index is 0.122. The lowest BCUT2D eigenvalue weighted by molar-refractivity contribution is -0.129. The van der Waals surface area contributed by atoms with Crippen LogP contribution in [-0.2, 0) is 20.8 Å². The Bertz CT molecular complexity index is 791. The van der Waals surface area contributed by atoms with Crippen molar-refractivity contribution in [3.05, 3.63) is 46.7 Å². The van der Waals surface area contributed by atoms with Crippen molar-refractivity contribution in [3.8, 4) is 0 Å². The van der Waals surface area contributed by atoms with Gasteiger partial charge in [0.15, 0.2) is 6.10 Å². The molecule has 0 aliphatic heterocycles. The molecule has 1 amide bonds. The molecule has 0 aliphatic rings. The van der Waals surface area contributed by atoms with Gasteiger partial charge in [-0.2, -0.15) is 0 Å². The van der Waals surface area contributed by atoms with Crippen LogP contribution in [0.15, 0.2) is 22.8 Å². The van der Waals surface area contributed by atoms with Crippen molar-refractivity contribution < 1.29 is 28.3 Å². The predicted octanol–water partition coefficient (Wildman–Crippen LogP) is 2.26. The van der Waals surface area contributed by atoms with Crippen LogP contribution >= 0.6 is 0 Å². The fraction of sp³-hybridized carbons (Fsp3) is 0.389. The molecule has 0 aliphatic carbocycles. The second kappa shape index (κ2) is 8.37. The molecule has 0 saturated heterocycles. The molecular weight excluding hydrogens is 340 g/mol. The number of carbonyl (C=O) groups excluding carboxylic acids is 3. The van der Waals surface area contributed by atoms with Gasteiger partial charge in [-0.1, -0.05) is 0 Å². The third-order valence-electron chi connectivity index (χ3n) is 3.79. The smallest absolute Gasteiger partial charge is 0.355 e. The Labute approximate surface area is 150 Å². The fourth-order valence-corrected chi connectivity index (χ4v) is 2.47. The number of carbonyl (C=O) groups is 3. The van der Waals surface area contributed by atoms with Crippen LogP contribution in [0.2, 0.25) is 0 Å². The van der Waals surface area contributed by atoms with Gasteiger partial charge in [0, 0.05) is 5.69 Å². The highest BCUT2D eigenvalue weighted by molar-refractivity contribution is 5.99. The Morgan fingerprint density at radius 1 is 1.27 bits per heavy atom. The molecule has 26 heavy (non-hydrogen) atoms. The molecule has 0 fully saturated rings. The summed E-state index contributed by atoms with van der Waals surface area (Å²) < 4.78 is 15.3. The monoisotopic (exact) mass is 362 g/mol. The van der Waals surface area contributed by atoms with E-state index < -0.39 is 23.9 Å².